The fourth-order valence-corrected chi connectivity index (χ4v) is 6.97. The number of rotatable bonds is 7. The first-order valence-electron chi connectivity index (χ1n) is 15.8. The first-order chi connectivity index (χ1) is 22.5. The number of fused-ring (bicyclic) bond motifs is 3. The molecule has 4 aliphatic rings. The second-order valence-corrected chi connectivity index (χ2v) is 12.3. The number of nitrogens with one attached hydrogen (secondary N) is 1. The summed E-state index contributed by atoms with van der Waals surface area (Å²) in [6.07, 6.45) is 17.5. The Bertz CT molecular complexity index is 1960. The Morgan fingerprint density at radius 2 is 1.96 bits per heavy atom. The van der Waals surface area contributed by atoms with Crippen LogP contribution in [-0.2, 0) is 37.8 Å². The van der Waals surface area contributed by atoms with Crippen molar-refractivity contribution in [2.45, 2.75) is 44.9 Å². The molecule has 0 atom stereocenters. The van der Waals surface area contributed by atoms with Crippen LogP contribution >= 0.6 is 0 Å². The lowest BCUT2D eigenvalue weighted by Gasteiger charge is -2.37. The second kappa shape index (κ2) is 11.5. The molecule has 4 aromatic heterocycles. The number of hydrogen-bond acceptors (Lipinski definition) is 8. The van der Waals surface area contributed by atoms with Gasteiger partial charge in [0.05, 0.1) is 32.1 Å². The highest BCUT2D eigenvalue weighted by molar-refractivity contribution is 6.06. The van der Waals surface area contributed by atoms with Gasteiger partial charge >= 0.3 is 0 Å². The Morgan fingerprint density at radius 1 is 1.09 bits per heavy atom. The molecule has 12 nitrogen and oxygen atoms in total. The number of allylic oxidation sites excluding steroid dienone is 2. The smallest absolute Gasteiger partial charge is 0.276 e. The van der Waals surface area contributed by atoms with Crippen LogP contribution in [0, 0.1) is 0 Å². The Kier molecular flexibility index (Phi) is 7.10. The lowest BCUT2D eigenvalue weighted by atomic mass is 9.98. The summed E-state index contributed by atoms with van der Waals surface area (Å²) in [5.74, 6) is 0.863. The van der Waals surface area contributed by atoms with Gasteiger partial charge in [0.2, 0.25) is 0 Å². The monoisotopic (exact) mass is 620 g/mol. The van der Waals surface area contributed by atoms with Gasteiger partial charge in [-0.2, -0.15) is 0 Å². The van der Waals surface area contributed by atoms with Gasteiger partial charge in [-0.25, -0.2) is 9.97 Å². The molecule has 12 heteroatoms. The van der Waals surface area contributed by atoms with Gasteiger partial charge in [-0.15, -0.1) is 0 Å². The molecule has 2 N–H and O–H groups in total. The Balaban J connectivity index is 1.07. The molecule has 0 radical (unpaired) electrons. The lowest BCUT2D eigenvalue weighted by molar-refractivity contribution is -0.0456. The standard InChI is InChI=1S/C34H36N8O4/c1-38-16-23(14-28(33(38)44)37-31-17-40(21-36-31)24-7-10-39(11-8-24)25-19-46-20-25)26-6-9-35-32(27(26)18-43)42-13-12-41-29-5-3-2-4-22(29)15-30(41)34(42)45/h6-10,14-17,21,25,37,43H,2-5,11-13,18-20H2,1H3. The number of aliphatic hydroxyl groups excluding tert-OH is 1. The van der Waals surface area contributed by atoms with E-state index < -0.39 is 0 Å². The topological polar surface area (TPSA) is 123 Å². The lowest BCUT2D eigenvalue weighted by Crippen LogP contribution is -2.47. The number of nitrogens with zero attached hydrogens (tertiary/aromatic N) is 7. The summed E-state index contributed by atoms with van der Waals surface area (Å²) in [4.78, 5) is 40.0. The summed E-state index contributed by atoms with van der Waals surface area (Å²) >= 11 is 0. The fourth-order valence-electron chi connectivity index (χ4n) is 6.97. The Labute approximate surface area is 265 Å². The molecule has 0 aromatic carbocycles. The summed E-state index contributed by atoms with van der Waals surface area (Å²) in [6, 6.07) is 6.04. The number of imidazole rings is 1. The summed E-state index contributed by atoms with van der Waals surface area (Å²) in [6.45, 7) is 3.15. The van der Waals surface area contributed by atoms with E-state index in [1.165, 1.54) is 15.8 Å². The van der Waals surface area contributed by atoms with Gasteiger partial charge in [-0.1, -0.05) is 0 Å². The largest absolute Gasteiger partial charge is 0.392 e. The van der Waals surface area contributed by atoms with Crippen LogP contribution in [0.1, 0.15) is 40.2 Å². The van der Waals surface area contributed by atoms with Crippen molar-refractivity contribution < 1.29 is 14.6 Å². The molecule has 0 unspecified atom stereocenters. The van der Waals surface area contributed by atoms with Crippen LogP contribution in [0.3, 0.4) is 0 Å². The minimum atomic E-state index is -0.316. The van der Waals surface area contributed by atoms with Gasteiger partial charge in [-0.05, 0) is 67.2 Å². The van der Waals surface area contributed by atoms with Crippen molar-refractivity contribution in [3.05, 3.63) is 94.3 Å². The molecule has 7 heterocycles. The van der Waals surface area contributed by atoms with Gasteiger partial charge < -0.3 is 33.8 Å². The van der Waals surface area contributed by atoms with Crippen molar-refractivity contribution in [2.75, 3.05) is 36.5 Å². The van der Waals surface area contributed by atoms with Gasteiger partial charge in [0.1, 0.15) is 29.3 Å². The van der Waals surface area contributed by atoms with Crippen LogP contribution in [0.15, 0.2) is 66.3 Å². The molecule has 1 amide bonds. The number of anilines is 3. The van der Waals surface area contributed by atoms with Gasteiger partial charge in [0, 0.05) is 67.8 Å². The number of hydrogen-bond donors (Lipinski definition) is 2. The van der Waals surface area contributed by atoms with Crippen molar-refractivity contribution in [1.29, 1.82) is 0 Å². The van der Waals surface area contributed by atoms with E-state index in [0.717, 1.165) is 51.1 Å². The van der Waals surface area contributed by atoms with Crippen molar-refractivity contribution in [3.8, 4) is 11.1 Å². The van der Waals surface area contributed by atoms with Gasteiger partial charge in [-0.3, -0.25) is 14.5 Å². The predicted octanol–water partition coefficient (Wildman–Crippen LogP) is 3.29. The van der Waals surface area contributed by atoms with E-state index in [9.17, 15) is 14.7 Å². The molecule has 46 heavy (non-hydrogen) atoms. The number of amides is 1. The van der Waals surface area contributed by atoms with Crippen LogP contribution in [-0.4, -0.2) is 71.9 Å². The number of ether oxygens (including phenoxy) is 1. The number of carbonyl (C=O) groups excluding carboxylic acids is 1. The van der Waals surface area contributed by atoms with Crippen LogP contribution < -0.4 is 15.8 Å². The third-order valence-electron chi connectivity index (χ3n) is 9.54. The summed E-state index contributed by atoms with van der Waals surface area (Å²) in [7, 11) is 1.69. The van der Waals surface area contributed by atoms with E-state index in [2.05, 4.69) is 37.0 Å². The van der Waals surface area contributed by atoms with E-state index in [1.54, 1.807) is 36.7 Å². The Morgan fingerprint density at radius 3 is 2.74 bits per heavy atom. The minimum Gasteiger partial charge on any atom is -0.392 e. The molecule has 1 saturated heterocycles. The van der Waals surface area contributed by atoms with E-state index in [1.807, 2.05) is 29.0 Å². The third kappa shape index (κ3) is 4.85. The number of aryl methyl sites for hydroxylation is 2. The van der Waals surface area contributed by atoms with Crippen molar-refractivity contribution in [2.24, 2.45) is 7.05 Å². The normalized spacial score (nSPS) is 17.9. The number of pyridine rings is 2. The average Bonchev–Trinajstić information content (AvgIpc) is 3.68. The van der Waals surface area contributed by atoms with E-state index >= 15 is 0 Å². The predicted molar refractivity (Wildman–Crippen MR) is 174 cm³/mol. The number of aliphatic hydroxyl groups is 1. The molecular weight excluding hydrogens is 584 g/mol. The maximum Gasteiger partial charge on any atom is 0.276 e. The third-order valence-corrected chi connectivity index (χ3v) is 9.54. The maximum atomic E-state index is 13.8. The quantitative estimate of drug-likeness (QED) is 0.323. The Hall–Kier alpha value is -4.94. The molecule has 0 bridgehead atoms. The van der Waals surface area contributed by atoms with Crippen LogP contribution in [0.4, 0.5) is 17.3 Å². The summed E-state index contributed by atoms with van der Waals surface area (Å²) in [5, 5.41) is 13.8. The highest BCUT2D eigenvalue weighted by Gasteiger charge is 2.32. The highest BCUT2D eigenvalue weighted by Crippen LogP contribution is 2.34. The summed E-state index contributed by atoms with van der Waals surface area (Å²) < 4.78 is 10.9. The molecule has 3 aliphatic heterocycles. The molecule has 4 aromatic rings. The average molecular weight is 621 g/mol. The molecule has 0 spiro atoms. The maximum absolute atomic E-state index is 13.8. The molecule has 1 aliphatic carbocycles. The molecular formula is C34H36N8O4. The zero-order valence-electron chi connectivity index (χ0n) is 25.7. The first-order valence-corrected chi connectivity index (χ1v) is 15.8. The van der Waals surface area contributed by atoms with Crippen LogP contribution in [0.25, 0.3) is 16.8 Å². The fraction of sp³-hybridized carbons (Fsp3) is 0.353. The van der Waals surface area contributed by atoms with Crippen molar-refractivity contribution in [1.82, 2.24) is 28.6 Å². The molecule has 0 saturated carbocycles. The zero-order chi connectivity index (χ0) is 31.4. The molecule has 8 rings (SSSR count). The van der Waals surface area contributed by atoms with E-state index in [4.69, 9.17) is 4.74 Å². The summed E-state index contributed by atoms with van der Waals surface area (Å²) in [5.41, 5.74) is 6.30. The molecule has 1 fully saturated rings. The zero-order valence-corrected chi connectivity index (χ0v) is 25.7. The highest BCUT2D eigenvalue weighted by atomic mass is 16.5. The number of aromatic nitrogens is 5. The van der Waals surface area contributed by atoms with E-state index in [0.29, 0.717) is 58.8 Å². The first kappa shape index (κ1) is 28.5. The second-order valence-electron chi connectivity index (χ2n) is 12.3. The van der Waals surface area contributed by atoms with Gasteiger partial charge in [0.25, 0.3) is 11.5 Å². The van der Waals surface area contributed by atoms with Crippen LogP contribution in [0.2, 0.25) is 0 Å². The van der Waals surface area contributed by atoms with Crippen molar-refractivity contribution >= 4 is 28.9 Å². The van der Waals surface area contributed by atoms with E-state index in [-0.39, 0.29) is 18.1 Å². The van der Waals surface area contributed by atoms with Crippen molar-refractivity contribution in [3.63, 3.8) is 0 Å². The van der Waals surface area contributed by atoms with Gasteiger partial charge in [0.15, 0.2) is 0 Å². The minimum absolute atomic E-state index is 0.105. The molecule has 236 valence electrons. The number of carbonyl (C=O) groups is 1. The SMILES string of the molecule is Cn1cc(-c2ccnc(N3CCn4c(cc5c4CCCC5)C3=O)c2CO)cc(Nc2cn(C3=CCN(C4COC4)C=C3)cn2)c1=O. The van der Waals surface area contributed by atoms with Crippen LogP contribution in [0.5, 0.6) is 0 Å².